The van der Waals surface area contributed by atoms with Crippen LogP contribution in [0.25, 0.3) is 0 Å². The summed E-state index contributed by atoms with van der Waals surface area (Å²) < 4.78 is 0. The molecule has 1 fully saturated rings. The van der Waals surface area contributed by atoms with Crippen LogP contribution in [0.5, 0.6) is 0 Å². The van der Waals surface area contributed by atoms with Gasteiger partial charge in [0.1, 0.15) is 5.82 Å². The third kappa shape index (κ3) is 4.47. The number of nitrogens with one attached hydrogen (secondary N) is 2. The summed E-state index contributed by atoms with van der Waals surface area (Å²) in [4.78, 5) is 35.0. The number of rotatable bonds is 5. The summed E-state index contributed by atoms with van der Waals surface area (Å²) in [6.07, 6.45) is 0.878. The first-order chi connectivity index (χ1) is 12.5. The number of piperazine rings is 1. The number of anilines is 4. The molecule has 0 spiro atoms. The molecule has 1 aromatic carbocycles. The molecule has 2 N–H and O–H groups in total. The molecule has 8 heteroatoms. The Morgan fingerprint density at radius 2 is 1.85 bits per heavy atom. The minimum absolute atomic E-state index is 0.114. The lowest BCUT2D eigenvalue weighted by Gasteiger charge is -2.32. The number of carbonyl (C=O) groups is 2. The van der Waals surface area contributed by atoms with Crippen molar-refractivity contribution < 1.29 is 9.59 Å². The van der Waals surface area contributed by atoms with Gasteiger partial charge in [-0.05, 0) is 25.1 Å². The number of benzene rings is 1. The molecule has 3 rings (SSSR count). The highest BCUT2D eigenvalue weighted by Gasteiger charge is 2.18. The van der Waals surface area contributed by atoms with Crippen molar-refractivity contribution in [2.75, 3.05) is 41.7 Å². The predicted molar refractivity (Wildman–Crippen MR) is 101 cm³/mol. The van der Waals surface area contributed by atoms with Crippen molar-refractivity contribution in [3.63, 3.8) is 0 Å². The first kappa shape index (κ1) is 17.7. The summed E-state index contributed by atoms with van der Waals surface area (Å²) in [5, 5.41) is 6.02. The third-order valence-corrected chi connectivity index (χ3v) is 4.04. The van der Waals surface area contributed by atoms with Crippen LogP contribution < -0.4 is 15.5 Å². The zero-order valence-corrected chi connectivity index (χ0v) is 14.9. The van der Waals surface area contributed by atoms with Gasteiger partial charge in [0.25, 0.3) is 0 Å². The molecule has 0 aliphatic carbocycles. The average molecular weight is 354 g/mol. The quantitative estimate of drug-likeness (QED) is 0.795. The van der Waals surface area contributed by atoms with E-state index in [1.54, 1.807) is 4.90 Å². The second kappa shape index (κ2) is 7.81. The molecule has 0 bridgehead atoms. The molecular weight excluding hydrogens is 332 g/mol. The van der Waals surface area contributed by atoms with Crippen LogP contribution in [-0.4, -0.2) is 53.4 Å². The fourth-order valence-corrected chi connectivity index (χ4v) is 2.81. The molecule has 136 valence electrons. The molecule has 1 aliphatic heterocycles. The second-order valence-corrected chi connectivity index (χ2v) is 6.21. The van der Waals surface area contributed by atoms with Crippen LogP contribution in [-0.2, 0) is 9.59 Å². The minimum atomic E-state index is -0.114. The number of aromatic nitrogens is 2. The normalized spacial score (nSPS) is 14.1. The average Bonchev–Trinajstić information content (AvgIpc) is 2.61. The molecule has 1 aromatic heterocycles. The minimum Gasteiger partial charge on any atom is -0.342 e. The molecule has 26 heavy (non-hydrogen) atoms. The molecule has 2 amide bonds. The van der Waals surface area contributed by atoms with Gasteiger partial charge >= 0.3 is 0 Å². The Kier molecular flexibility index (Phi) is 5.31. The lowest BCUT2D eigenvalue weighted by molar-refractivity contribution is -0.118. The summed E-state index contributed by atoms with van der Waals surface area (Å²) in [6, 6.07) is 9.32. The Hall–Kier alpha value is -3.16. The van der Waals surface area contributed by atoms with E-state index in [0.29, 0.717) is 37.9 Å². The molecule has 8 nitrogen and oxygen atoms in total. The van der Waals surface area contributed by atoms with Gasteiger partial charge in [0.05, 0.1) is 0 Å². The summed E-state index contributed by atoms with van der Waals surface area (Å²) in [5.41, 5.74) is 2.40. The summed E-state index contributed by atoms with van der Waals surface area (Å²) in [5.74, 6) is 1.22. The molecule has 0 atom stereocenters. The lowest BCUT2D eigenvalue weighted by atomic mass is 10.2. The van der Waals surface area contributed by atoms with E-state index in [4.69, 9.17) is 0 Å². The SMILES string of the molecule is CC(=O)Nc1cccc(Nc2cc(C)nc(N3CCN(C=O)CC3)n2)c1. The van der Waals surface area contributed by atoms with Gasteiger partial charge in [0, 0.05) is 56.2 Å². The number of hydrogen-bond acceptors (Lipinski definition) is 6. The van der Waals surface area contributed by atoms with Crippen molar-refractivity contribution in [2.45, 2.75) is 13.8 Å². The van der Waals surface area contributed by atoms with E-state index in [1.165, 1.54) is 6.92 Å². The van der Waals surface area contributed by atoms with Gasteiger partial charge in [-0.25, -0.2) is 4.98 Å². The summed E-state index contributed by atoms with van der Waals surface area (Å²) in [7, 11) is 0. The van der Waals surface area contributed by atoms with Gasteiger partial charge in [0.2, 0.25) is 18.3 Å². The monoisotopic (exact) mass is 354 g/mol. The van der Waals surface area contributed by atoms with E-state index in [-0.39, 0.29) is 5.91 Å². The van der Waals surface area contributed by atoms with Crippen molar-refractivity contribution in [1.82, 2.24) is 14.9 Å². The van der Waals surface area contributed by atoms with Crippen LogP contribution in [0.3, 0.4) is 0 Å². The molecule has 2 heterocycles. The maximum Gasteiger partial charge on any atom is 0.227 e. The number of amides is 2. The standard InChI is InChI=1S/C18H22N6O2/c1-13-10-17(21-16-5-3-4-15(11-16)20-14(2)26)22-18(19-13)24-8-6-23(12-25)7-9-24/h3-5,10-12H,6-9H2,1-2H3,(H,20,26)(H,19,21,22). The van der Waals surface area contributed by atoms with E-state index in [1.807, 2.05) is 37.3 Å². The van der Waals surface area contributed by atoms with Crippen LogP contribution in [0.4, 0.5) is 23.1 Å². The van der Waals surface area contributed by atoms with Gasteiger partial charge in [-0.15, -0.1) is 0 Å². The first-order valence-corrected chi connectivity index (χ1v) is 8.48. The lowest BCUT2D eigenvalue weighted by Crippen LogP contribution is -2.46. The van der Waals surface area contributed by atoms with Crippen molar-refractivity contribution in [3.8, 4) is 0 Å². The molecule has 0 radical (unpaired) electrons. The maximum atomic E-state index is 11.2. The Morgan fingerprint density at radius 3 is 2.54 bits per heavy atom. The first-order valence-electron chi connectivity index (χ1n) is 8.48. The zero-order valence-electron chi connectivity index (χ0n) is 14.9. The van der Waals surface area contributed by atoms with E-state index in [2.05, 4.69) is 25.5 Å². The molecule has 0 unspecified atom stereocenters. The Balaban J connectivity index is 1.76. The van der Waals surface area contributed by atoms with Gasteiger partial charge in [-0.3, -0.25) is 9.59 Å². The van der Waals surface area contributed by atoms with Crippen LogP contribution in [0, 0.1) is 6.92 Å². The Labute approximate surface area is 152 Å². The molecule has 2 aromatic rings. The highest BCUT2D eigenvalue weighted by atomic mass is 16.1. The highest BCUT2D eigenvalue weighted by Crippen LogP contribution is 2.21. The number of carbonyl (C=O) groups excluding carboxylic acids is 2. The van der Waals surface area contributed by atoms with Crippen LogP contribution in [0.2, 0.25) is 0 Å². The van der Waals surface area contributed by atoms with Crippen LogP contribution in [0.15, 0.2) is 30.3 Å². The summed E-state index contributed by atoms with van der Waals surface area (Å²) >= 11 is 0. The smallest absolute Gasteiger partial charge is 0.227 e. The van der Waals surface area contributed by atoms with Gasteiger partial charge in [-0.2, -0.15) is 4.98 Å². The van der Waals surface area contributed by atoms with Crippen LogP contribution >= 0.6 is 0 Å². The number of aryl methyl sites for hydroxylation is 1. The number of hydrogen-bond donors (Lipinski definition) is 2. The molecule has 0 saturated carbocycles. The Bertz CT molecular complexity index is 802. The van der Waals surface area contributed by atoms with E-state index >= 15 is 0 Å². The molecule has 1 aliphatic rings. The summed E-state index contributed by atoms with van der Waals surface area (Å²) in [6.45, 7) is 6.15. The fourth-order valence-electron chi connectivity index (χ4n) is 2.81. The predicted octanol–water partition coefficient (Wildman–Crippen LogP) is 1.77. The van der Waals surface area contributed by atoms with Crippen molar-refractivity contribution in [3.05, 3.63) is 36.0 Å². The van der Waals surface area contributed by atoms with Crippen molar-refractivity contribution >= 4 is 35.5 Å². The van der Waals surface area contributed by atoms with E-state index in [9.17, 15) is 9.59 Å². The van der Waals surface area contributed by atoms with Crippen molar-refractivity contribution in [1.29, 1.82) is 0 Å². The molecular formula is C18H22N6O2. The third-order valence-electron chi connectivity index (χ3n) is 4.04. The van der Waals surface area contributed by atoms with Crippen molar-refractivity contribution in [2.24, 2.45) is 0 Å². The van der Waals surface area contributed by atoms with Gasteiger partial charge < -0.3 is 20.4 Å². The largest absolute Gasteiger partial charge is 0.342 e. The van der Waals surface area contributed by atoms with E-state index < -0.39 is 0 Å². The second-order valence-electron chi connectivity index (χ2n) is 6.21. The maximum absolute atomic E-state index is 11.2. The zero-order chi connectivity index (χ0) is 18.5. The topological polar surface area (TPSA) is 90.5 Å². The number of nitrogens with zero attached hydrogens (tertiary/aromatic N) is 4. The van der Waals surface area contributed by atoms with E-state index in [0.717, 1.165) is 23.5 Å². The highest BCUT2D eigenvalue weighted by molar-refractivity contribution is 5.89. The van der Waals surface area contributed by atoms with Crippen LogP contribution in [0.1, 0.15) is 12.6 Å². The molecule has 1 saturated heterocycles. The van der Waals surface area contributed by atoms with Gasteiger partial charge in [-0.1, -0.05) is 6.07 Å². The van der Waals surface area contributed by atoms with Gasteiger partial charge in [0.15, 0.2) is 0 Å². The fraction of sp³-hybridized carbons (Fsp3) is 0.333. The Morgan fingerprint density at radius 1 is 1.12 bits per heavy atom.